The van der Waals surface area contributed by atoms with Crippen LogP contribution in [0, 0.1) is 0 Å². The number of amides is 1. The smallest absolute Gasteiger partial charge is 0.295 e. The number of aliphatic hydroxyl groups is 1. The number of likely N-dealkylation sites (tertiary alicyclic amines) is 1. The van der Waals surface area contributed by atoms with Crippen molar-refractivity contribution in [2.45, 2.75) is 32.5 Å². The molecule has 1 atom stereocenters. The van der Waals surface area contributed by atoms with E-state index in [-0.39, 0.29) is 24.0 Å². The van der Waals surface area contributed by atoms with Crippen LogP contribution >= 0.6 is 0 Å². The summed E-state index contributed by atoms with van der Waals surface area (Å²) < 4.78 is 11.2. The van der Waals surface area contributed by atoms with Gasteiger partial charge in [-0.15, -0.1) is 0 Å². The number of ether oxygens (including phenoxy) is 2. The number of hydrogen-bond donors (Lipinski definition) is 2. The number of aliphatic hydroxyl groups excluding tert-OH is 1. The fourth-order valence-electron chi connectivity index (χ4n) is 4.82. The minimum Gasteiger partial charge on any atom is -0.507 e. The van der Waals surface area contributed by atoms with Crippen LogP contribution in [0.1, 0.15) is 36.6 Å². The lowest BCUT2D eigenvalue weighted by molar-refractivity contribution is -0.140. The van der Waals surface area contributed by atoms with Crippen molar-refractivity contribution < 1.29 is 24.2 Å². The lowest BCUT2D eigenvalue weighted by Gasteiger charge is -2.25. The van der Waals surface area contributed by atoms with Gasteiger partial charge in [0.05, 0.1) is 31.4 Å². The summed E-state index contributed by atoms with van der Waals surface area (Å²) in [5.74, 6) is -0.376. The molecule has 1 amide bonds. The first-order valence-electron chi connectivity index (χ1n) is 12.1. The number of Topliss-reactive ketones (excluding diaryl/α,β-unsaturated/α-hetero) is 1. The minimum absolute atomic E-state index is 0.00150. The second kappa shape index (κ2) is 9.85. The number of ketones is 1. The number of nitrogens with zero attached hydrogens (tertiary/aromatic N) is 1. The molecule has 0 aliphatic carbocycles. The zero-order valence-electron chi connectivity index (χ0n) is 20.9. The summed E-state index contributed by atoms with van der Waals surface area (Å²) in [6.45, 7) is 3.99. The average molecular weight is 497 g/mol. The van der Waals surface area contributed by atoms with E-state index in [0.29, 0.717) is 17.1 Å². The highest BCUT2D eigenvalue weighted by Gasteiger charge is 2.47. The van der Waals surface area contributed by atoms with E-state index in [1.807, 2.05) is 62.4 Å². The molecule has 7 heteroatoms. The summed E-state index contributed by atoms with van der Waals surface area (Å²) in [6.07, 6.45) is 1.80. The number of aromatic amines is 1. The van der Waals surface area contributed by atoms with Crippen molar-refractivity contribution in [3.63, 3.8) is 0 Å². The molecule has 0 radical (unpaired) electrons. The minimum atomic E-state index is -0.798. The van der Waals surface area contributed by atoms with Crippen LogP contribution in [-0.2, 0) is 16.1 Å². The number of aromatic nitrogens is 1. The molecule has 1 unspecified atom stereocenters. The normalized spacial score (nSPS) is 17.1. The van der Waals surface area contributed by atoms with Gasteiger partial charge in [0, 0.05) is 33.8 Å². The summed E-state index contributed by atoms with van der Waals surface area (Å²) in [6, 6.07) is 21.1. The molecule has 1 saturated heterocycles. The molecule has 4 aromatic rings. The van der Waals surface area contributed by atoms with Crippen LogP contribution in [-0.4, -0.2) is 39.9 Å². The molecule has 0 saturated carbocycles. The highest BCUT2D eigenvalue weighted by Crippen LogP contribution is 2.43. The Bertz CT molecular complexity index is 1500. The first-order chi connectivity index (χ1) is 17.9. The number of para-hydroxylation sites is 2. The number of fused-ring (bicyclic) bond motifs is 1. The number of carbonyl (C=O) groups excluding carboxylic acids is 2. The maximum absolute atomic E-state index is 13.5. The summed E-state index contributed by atoms with van der Waals surface area (Å²) in [4.78, 5) is 31.6. The number of nitrogens with one attached hydrogen (secondary N) is 1. The number of rotatable bonds is 7. The van der Waals surface area contributed by atoms with Gasteiger partial charge < -0.3 is 24.5 Å². The summed E-state index contributed by atoms with van der Waals surface area (Å²) in [5.41, 5.74) is 2.83. The largest absolute Gasteiger partial charge is 0.507 e. The van der Waals surface area contributed by atoms with Crippen molar-refractivity contribution in [3.8, 4) is 11.5 Å². The van der Waals surface area contributed by atoms with E-state index >= 15 is 0 Å². The Balaban J connectivity index is 1.65. The predicted molar refractivity (Wildman–Crippen MR) is 141 cm³/mol. The fraction of sp³-hybridized carbons (Fsp3) is 0.200. The second-order valence-corrected chi connectivity index (χ2v) is 9.22. The Morgan fingerprint density at radius 3 is 2.43 bits per heavy atom. The third-order valence-corrected chi connectivity index (χ3v) is 6.49. The molecule has 188 valence electrons. The summed E-state index contributed by atoms with van der Waals surface area (Å²) in [7, 11) is 1.57. The van der Waals surface area contributed by atoms with Crippen molar-refractivity contribution in [1.82, 2.24) is 9.88 Å². The lowest BCUT2D eigenvalue weighted by Crippen LogP contribution is -2.29. The van der Waals surface area contributed by atoms with E-state index < -0.39 is 17.7 Å². The number of methoxy groups -OCH3 is 1. The highest BCUT2D eigenvalue weighted by atomic mass is 16.5. The first kappa shape index (κ1) is 24.2. The van der Waals surface area contributed by atoms with Crippen LogP contribution in [0.5, 0.6) is 11.5 Å². The lowest BCUT2D eigenvalue weighted by atomic mass is 9.94. The van der Waals surface area contributed by atoms with Gasteiger partial charge in [-0.1, -0.05) is 36.4 Å². The van der Waals surface area contributed by atoms with Gasteiger partial charge in [-0.05, 0) is 50.2 Å². The van der Waals surface area contributed by atoms with Crippen LogP contribution in [0.4, 0.5) is 0 Å². The second-order valence-electron chi connectivity index (χ2n) is 9.22. The number of hydrogen-bond acceptors (Lipinski definition) is 5. The van der Waals surface area contributed by atoms with Gasteiger partial charge >= 0.3 is 0 Å². The van der Waals surface area contributed by atoms with Gasteiger partial charge in [0.25, 0.3) is 11.7 Å². The molecule has 2 N–H and O–H groups in total. The van der Waals surface area contributed by atoms with E-state index in [9.17, 15) is 14.7 Å². The summed E-state index contributed by atoms with van der Waals surface area (Å²) >= 11 is 0. The van der Waals surface area contributed by atoms with E-state index in [2.05, 4.69) is 4.98 Å². The maximum atomic E-state index is 13.5. The van der Waals surface area contributed by atoms with Crippen molar-refractivity contribution in [2.24, 2.45) is 0 Å². The summed E-state index contributed by atoms with van der Waals surface area (Å²) in [5, 5.41) is 12.3. The molecule has 0 bridgehead atoms. The van der Waals surface area contributed by atoms with Crippen molar-refractivity contribution in [3.05, 3.63) is 101 Å². The Labute approximate surface area is 214 Å². The van der Waals surface area contributed by atoms with Gasteiger partial charge in [-0.25, -0.2) is 0 Å². The van der Waals surface area contributed by atoms with E-state index in [1.54, 1.807) is 37.6 Å². The van der Waals surface area contributed by atoms with Crippen LogP contribution in [0.15, 0.2) is 84.6 Å². The molecule has 37 heavy (non-hydrogen) atoms. The quantitative estimate of drug-likeness (QED) is 0.198. The Kier molecular flexibility index (Phi) is 6.44. The zero-order chi connectivity index (χ0) is 26.1. The molecule has 1 fully saturated rings. The van der Waals surface area contributed by atoms with E-state index in [0.717, 1.165) is 22.0 Å². The standard InChI is InChI=1S/C30H28N2O5/c1-18(2)37-21-14-12-19(13-15-21)28(33)26-27(23-16-31-24-10-6-5-9-22(23)24)32(30(35)29(26)34)17-20-8-4-7-11-25(20)36-3/h4-16,18,27,31,33H,17H2,1-3H3/b28-26+. The molecule has 1 aliphatic rings. The molecule has 0 spiro atoms. The Hall–Kier alpha value is -4.52. The topological polar surface area (TPSA) is 91.9 Å². The Morgan fingerprint density at radius 2 is 1.70 bits per heavy atom. The van der Waals surface area contributed by atoms with Crippen molar-refractivity contribution in [1.29, 1.82) is 0 Å². The molecule has 3 aromatic carbocycles. The SMILES string of the molecule is COc1ccccc1CN1C(=O)C(=O)/C(=C(/O)c2ccc(OC(C)C)cc2)C1c1c[nH]c2ccccc12. The molecule has 7 nitrogen and oxygen atoms in total. The van der Waals surface area contributed by atoms with E-state index in [4.69, 9.17) is 9.47 Å². The van der Waals surface area contributed by atoms with Crippen LogP contribution in [0.3, 0.4) is 0 Å². The third-order valence-electron chi connectivity index (χ3n) is 6.49. The predicted octanol–water partition coefficient (Wildman–Crippen LogP) is 5.59. The number of benzene rings is 3. The highest BCUT2D eigenvalue weighted by molar-refractivity contribution is 6.46. The van der Waals surface area contributed by atoms with Crippen molar-refractivity contribution in [2.75, 3.05) is 7.11 Å². The molecular formula is C30H28N2O5. The van der Waals surface area contributed by atoms with Crippen LogP contribution in [0.25, 0.3) is 16.7 Å². The number of carbonyl (C=O) groups is 2. The van der Waals surface area contributed by atoms with Crippen molar-refractivity contribution >= 4 is 28.4 Å². The molecule has 1 aromatic heterocycles. The van der Waals surface area contributed by atoms with Gasteiger partial charge in [-0.3, -0.25) is 9.59 Å². The van der Waals surface area contributed by atoms with Gasteiger partial charge in [0.1, 0.15) is 17.3 Å². The van der Waals surface area contributed by atoms with Gasteiger partial charge in [0.2, 0.25) is 0 Å². The zero-order valence-corrected chi connectivity index (χ0v) is 20.9. The molecule has 5 rings (SSSR count). The van der Waals surface area contributed by atoms with E-state index in [1.165, 1.54) is 4.90 Å². The first-order valence-corrected chi connectivity index (χ1v) is 12.1. The average Bonchev–Trinajstić information content (AvgIpc) is 3.43. The fourth-order valence-corrected chi connectivity index (χ4v) is 4.82. The molecule has 1 aliphatic heterocycles. The maximum Gasteiger partial charge on any atom is 0.295 e. The van der Waals surface area contributed by atoms with Gasteiger partial charge in [0.15, 0.2) is 0 Å². The Morgan fingerprint density at radius 1 is 1.00 bits per heavy atom. The van der Waals surface area contributed by atoms with Crippen LogP contribution < -0.4 is 9.47 Å². The van der Waals surface area contributed by atoms with Gasteiger partial charge in [-0.2, -0.15) is 0 Å². The monoisotopic (exact) mass is 496 g/mol. The van der Waals surface area contributed by atoms with Crippen LogP contribution in [0.2, 0.25) is 0 Å². The number of H-pyrrole nitrogens is 1. The molecule has 2 heterocycles. The molecular weight excluding hydrogens is 468 g/mol. The third kappa shape index (κ3) is 4.44.